The number of carbonyl (C=O) groups is 3. The summed E-state index contributed by atoms with van der Waals surface area (Å²) in [7, 11) is 0. The fraction of sp³-hybridized carbons (Fsp3) is 0.667. The molecular formula is C27H35FO5. The summed E-state index contributed by atoms with van der Waals surface area (Å²) >= 11 is 0. The Morgan fingerprint density at radius 2 is 1.88 bits per heavy atom. The third-order valence-corrected chi connectivity index (χ3v) is 8.89. The van der Waals surface area contributed by atoms with Gasteiger partial charge in [-0.2, -0.15) is 0 Å². The minimum atomic E-state index is -1.67. The molecule has 0 aromatic heterocycles. The second-order valence-electron chi connectivity index (χ2n) is 11.9. The molecule has 2 fully saturated rings. The highest BCUT2D eigenvalue weighted by Crippen LogP contribution is 2.66. The van der Waals surface area contributed by atoms with Gasteiger partial charge in [-0.1, -0.05) is 31.6 Å². The lowest BCUT2D eigenvalue weighted by Gasteiger charge is -2.54. The first kappa shape index (κ1) is 24.1. The van der Waals surface area contributed by atoms with E-state index < -0.39 is 46.4 Å². The van der Waals surface area contributed by atoms with E-state index in [1.165, 1.54) is 12.2 Å². The molecule has 0 heterocycles. The smallest absolute Gasteiger partial charge is 0.311 e. The molecule has 5 nitrogen and oxygen atoms in total. The Labute approximate surface area is 195 Å². The molecule has 33 heavy (non-hydrogen) atoms. The van der Waals surface area contributed by atoms with Crippen molar-refractivity contribution in [2.45, 2.75) is 72.6 Å². The van der Waals surface area contributed by atoms with Crippen molar-refractivity contribution in [3.05, 3.63) is 35.5 Å². The number of esters is 1. The van der Waals surface area contributed by atoms with Crippen LogP contribution in [0, 0.1) is 34.0 Å². The van der Waals surface area contributed by atoms with Crippen LogP contribution in [0.4, 0.5) is 4.39 Å². The number of allylic oxidation sites excluding steroid dienone is 6. The number of ketones is 2. The summed E-state index contributed by atoms with van der Waals surface area (Å²) in [6.45, 7) is 10.4. The summed E-state index contributed by atoms with van der Waals surface area (Å²) in [6, 6.07) is 0. The summed E-state index contributed by atoms with van der Waals surface area (Å²) in [5, 5.41) is 11.9. The molecule has 4 rings (SSSR count). The maximum Gasteiger partial charge on any atom is 0.311 e. The van der Waals surface area contributed by atoms with Gasteiger partial charge in [0.25, 0.3) is 0 Å². The Morgan fingerprint density at radius 3 is 2.52 bits per heavy atom. The van der Waals surface area contributed by atoms with E-state index in [-0.39, 0.29) is 30.0 Å². The number of ether oxygens (including phenoxy) is 1. The molecule has 0 aromatic carbocycles. The van der Waals surface area contributed by atoms with Crippen molar-refractivity contribution in [1.29, 1.82) is 0 Å². The molecule has 7 atom stereocenters. The number of rotatable bonds is 3. The van der Waals surface area contributed by atoms with Gasteiger partial charge in [0.2, 0.25) is 5.78 Å². The number of hydrogen-bond acceptors (Lipinski definition) is 5. The number of halogens is 1. The van der Waals surface area contributed by atoms with Gasteiger partial charge in [-0.25, -0.2) is 4.39 Å². The third kappa shape index (κ3) is 3.31. The number of fused-ring (bicyclic) bond motifs is 5. The predicted molar refractivity (Wildman–Crippen MR) is 122 cm³/mol. The van der Waals surface area contributed by atoms with Crippen molar-refractivity contribution in [3.63, 3.8) is 0 Å². The minimum absolute atomic E-state index is 0.0950. The van der Waals surface area contributed by atoms with Crippen LogP contribution in [0.2, 0.25) is 0 Å². The Hall–Kier alpha value is -2.08. The normalized spacial score (nSPS) is 42.0. The Kier molecular flexibility index (Phi) is 5.44. The summed E-state index contributed by atoms with van der Waals surface area (Å²) in [5.74, 6) is -1.76. The van der Waals surface area contributed by atoms with E-state index in [0.29, 0.717) is 18.4 Å². The molecule has 2 saturated carbocycles. The van der Waals surface area contributed by atoms with Gasteiger partial charge in [-0.15, -0.1) is 0 Å². The quantitative estimate of drug-likeness (QED) is 0.504. The number of alkyl halides is 1. The van der Waals surface area contributed by atoms with Crippen molar-refractivity contribution in [2.75, 3.05) is 6.61 Å². The van der Waals surface area contributed by atoms with Crippen molar-refractivity contribution in [3.8, 4) is 0 Å². The van der Waals surface area contributed by atoms with Gasteiger partial charge in [0, 0.05) is 10.8 Å². The van der Waals surface area contributed by atoms with E-state index in [2.05, 4.69) is 6.08 Å². The van der Waals surface area contributed by atoms with Crippen molar-refractivity contribution in [2.24, 2.45) is 34.0 Å². The number of hydrogen-bond donors (Lipinski definition) is 1. The van der Waals surface area contributed by atoms with E-state index in [1.807, 2.05) is 20.8 Å². The largest absolute Gasteiger partial charge is 0.457 e. The molecule has 0 spiro atoms. The van der Waals surface area contributed by atoms with Crippen LogP contribution in [0.25, 0.3) is 0 Å². The van der Waals surface area contributed by atoms with Crippen LogP contribution in [-0.2, 0) is 19.1 Å². The third-order valence-electron chi connectivity index (χ3n) is 8.89. The van der Waals surface area contributed by atoms with Crippen LogP contribution in [0.3, 0.4) is 0 Å². The molecule has 180 valence electrons. The second kappa shape index (κ2) is 7.46. The standard InChI is InChI=1S/C27H35FO5/c1-15-11-19-17-13-21(28)20-12-16(29)7-9-25(20,5)18(17)8-10-26(19,6)27(15,32)22(30)14-33-23(31)24(2,3)4/h7-9,12,15,17,19,21,32H,10-11,13-14H2,1-6H3/t15-,17-,19+,21+,25-,26+,27+/m1/s1. The van der Waals surface area contributed by atoms with E-state index >= 15 is 4.39 Å². The van der Waals surface area contributed by atoms with Gasteiger partial charge in [-0.3, -0.25) is 14.4 Å². The maximum absolute atomic E-state index is 15.4. The van der Waals surface area contributed by atoms with Crippen LogP contribution < -0.4 is 0 Å². The van der Waals surface area contributed by atoms with Gasteiger partial charge in [-0.05, 0) is 82.4 Å². The summed E-state index contributed by atoms with van der Waals surface area (Å²) < 4.78 is 20.7. The van der Waals surface area contributed by atoms with Crippen LogP contribution in [0.5, 0.6) is 0 Å². The van der Waals surface area contributed by atoms with Crippen LogP contribution >= 0.6 is 0 Å². The molecular weight excluding hydrogens is 423 g/mol. The summed E-state index contributed by atoms with van der Waals surface area (Å²) in [4.78, 5) is 37.5. The molecule has 0 amide bonds. The van der Waals surface area contributed by atoms with E-state index in [0.717, 1.165) is 5.57 Å². The SMILES string of the molecule is C[C@@H]1C[C@H]2[C@@H]3C[C@H](F)C4=CC(=O)C=C[C@]4(C)C3=CC[C@]2(C)[C@@]1(O)C(=O)COC(=O)C(C)(C)C. The van der Waals surface area contributed by atoms with Gasteiger partial charge >= 0.3 is 5.97 Å². The van der Waals surface area contributed by atoms with Gasteiger partial charge < -0.3 is 9.84 Å². The zero-order valence-corrected chi connectivity index (χ0v) is 20.4. The van der Waals surface area contributed by atoms with Gasteiger partial charge in [0.1, 0.15) is 11.8 Å². The lowest BCUT2D eigenvalue weighted by atomic mass is 9.51. The molecule has 0 aliphatic heterocycles. The zero-order chi connectivity index (χ0) is 24.6. The average molecular weight is 459 g/mol. The Morgan fingerprint density at radius 1 is 1.21 bits per heavy atom. The van der Waals surface area contributed by atoms with Gasteiger partial charge in [0.05, 0.1) is 5.41 Å². The maximum atomic E-state index is 15.4. The van der Waals surface area contributed by atoms with Crippen LogP contribution in [0.1, 0.15) is 60.8 Å². The molecule has 1 N–H and O–H groups in total. The molecule has 0 radical (unpaired) electrons. The topological polar surface area (TPSA) is 80.7 Å². The molecule has 0 aromatic rings. The first-order chi connectivity index (χ1) is 15.2. The molecule has 0 bridgehead atoms. The second-order valence-corrected chi connectivity index (χ2v) is 11.9. The van der Waals surface area contributed by atoms with Crippen molar-refractivity contribution >= 4 is 17.5 Å². The molecule has 6 heteroatoms. The highest BCUT2D eigenvalue weighted by molar-refractivity contribution is 6.01. The van der Waals surface area contributed by atoms with Crippen LogP contribution in [-0.4, -0.2) is 41.0 Å². The summed E-state index contributed by atoms with van der Waals surface area (Å²) in [6.07, 6.45) is 6.83. The monoisotopic (exact) mass is 458 g/mol. The average Bonchev–Trinajstić information content (AvgIpc) is 2.94. The first-order valence-electron chi connectivity index (χ1n) is 11.9. The zero-order valence-electron chi connectivity index (χ0n) is 20.4. The molecule has 4 aliphatic rings. The van der Waals surface area contributed by atoms with Crippen molar-refractivity contribution < 1.29 is 28.6 Å². The van der Waals surface area contributed by atoms with E-state index in [4.69, 9.17) is 4.74 Å². The van der Waals surface area contributed by atoms with Crippen molar-refractivity contribution in [1.82, 2.24) is 0 Å². The van der Waals surface area contributed by atoms with Gasteiger partial charge in [0.15, 0.2) is 12.4 Å². The highest BCUT2D eigenvalue weighted by atomic mass is 19.1. The number of aliphatic hydroxyl groups is 1. The van der Waals surface area contributed by atoms with E-state index in [9.17, 15) is 19.5 Å². The van der Waals surface area contributed by atoms with E-state index in [1.54, 1.807) is 26.8 Å². The Bertz CT molecular complexity index is 1000. The molecule has 0 unspecified atom stereocenters. The molecule has 0 saturated heterocycles. The highest BCUT2D eigenvalue weighted by Gasteiger charge is 2.67. The fourth-order valence-electron chi connectivity index (χ4n) is 6.93. The predicted octanol–water partition coefficient (Wildman–Crippen LogP) is 4.30. The minimum Gasteiger partial charge on any atom is -0.457 e. The summed E-state index contributed by atoms with van der Waals surface area (Å²) in [5.41, 5.74) is -2.28. The lowest BCUT2D eigenvalue weighted by molar-refractivity contribution is -0.170. The number of carbonyl (C=O) groups excluding carboxylic acids is 3. The lowest BCUT2D eigenvalue weighted by Crippen LogP contribution is -2.58. The van der Waals surface area contributed by atoms with Crippen LogP contribution in [0.15, 0.2) is 35.5 Å². The fourth-order valence-corrected chi connectivity index (χ4v) is 6.93. The first-order valence-corrected chi connectivity index (χ1v) is 11.9. The number of Topliss-reactive ketones (excluding diaryl/α,β-unsaturated/α-hetero) is 1. The molecule has 4 aliphatic carbocycles. The Balaban J connectivity index is 1.67.